The summed E-state index contributed by atoms with van der Waals surface area (Å²) >= 11 is 3.28. The van der Waals surface area contributed by atoms with Gasteiger partial charge in [0.2, 0.25) is 0 Å². The quantitative estimate of drug-likeness (QED) is 0.919. The molecule has 0 aliphatic rings. The highest BCUT2D eigenvalue weighted by Crippen LogP contribution is 2.18. The van der Waals surface area contributed by atoms with Crippen LogP contribution in [0.3, 0.4) is 0 Å². The van der Waals surface area contributed by atoms with Crippen molar-refractivity contribution in [2.75, 3.05) is 11.9 Å². The lowest BCUT2D eigenvalue weighted by Gasteiger charge is -2.08. The molecule has 0 aliphatic carbocycles. The zero-order chi connectivity index (χ0) is 14.5. The van der Waals surface area contributed by atoms with E-state index in [0.717, 1.165) is 16.6 Å². The summed E-state index contributed by atoms with van der Waals surface area (Å²) in [4.78, 5) is 11.6. The van der Waals surface area contributed by atoms with Gasteiger partial charge >= 0.3 is 0 Å². The molecule has 0 radical (unpaired) electrons. The summed E-state index contributed by atoms with van der Waals surface area (Å²) < 4.78 is 31.8. The average molecular weight is 342 g/mol. The number of amides is 1. The van der Waals surface area contributed by atoms with Crippen molar-refractivity contribution in [2.45, 2.75) is 0 Å². The maximum Gasteiger partial charge on any atom is 0.262 e. The van der Waals surface area contributed by atoms with E-state index in [4.69, 9.17) is 4.74 Å². The van der Waals surface area contributed by atoms with Crippen LogP contribution in [0.4, 0.5) is 14.5 Å². The fourth-order valence-corrected chi connectivity index (χ4v) is 1.85. The van der Waals surface area contributed by atoms with Gasteiger partial charge in [0.1, 0.15) is 5.75 Å². The zero-order valence-corrected chi connectivity index (χ0v) is 11.8. The maximum absolute atomic E-state index is 13.0. The highest BCUT2D eigenvalue weighted by atomic mass is 79.9. The van der Waals surface area contributed by atoms with Crippen molar-refractivity contribution in [1.82, 2.24) is 0 Å². The number of carbonyl (C=O) groups is 1. The number of nitrogens with one attached hydrogen (secondary N) is 1. The van der Waals surface area contributed by atoms with Gasteiger partial charge in [0, 0.05) is 16.2 Å². The highest BCUT2D eigenvalue weighted by molar-refractivity contribution is 9.10. The topological polar surface area (TPSA) is 38.3 Å². The Balaban J connectivity index is 1.91. The first kappa shape index (κ1) is 14.5. The Labute approximate surface area is 122 Å². The van der Waals surface area contributed by atoms with E-state index in [1.807, 2.05) is 6.07 Å². The van der Waals surface area contributed by atoms with Gasteiger partial charge < -0.3 is 10.1 Å². The number of rotatable bonds is 4. The first-order valence-corrected chi connectivity index (χ1v) is 6.47. The van der Waals surface area contributed by atoms with E-state index in [0.29, 0.717) is 5.75 Å². The minimum Gasteiger partial charge on any atom is -0.484 e. The Kier molecular flexibility index (Phi) is 4.68. The van der Waals surface area contributed by atoms with Gasteiger partial charge in [0.15, 0.2) is 18.2 Å². The van der Waals surface area contributed by atoms with Crippen LogP contribution in [0.5, 0.6) is 5.75 Å². The third kappa shape index (κ3) is 4.03. The first-order valence-electron chi connectivity index (χ1n) is 5.68. The third-order valence-corrected chi connectivity index (χ3v) is 2.86. The van der Waals surface area contributed by atoms with Crippen molar-refractivity contribution in [2.24, 2.45) is 0 Å². The van der Waals surface area contributed by atoms with E-state index < -0.39 is 17.5 Å². The standard InChI is InChI=1S/C14H10BrF2NO2/c15-9-2-1-3-11(6-9)20-8-14(19)18-10-4-5-12(16)13(17)7-10/h1-7H,8H2,(H,18,19). The SMILES string of the molecule is O=C(COc1cccc(Br)c1)Nc1ccc(F)c(F)c1. The fourth-order valence-electron chi connectivity index (χ4n) is 1.48. The largest absolute Gasteiger partial charge is 0.484 e. The Hall–Kier alpha value is -1.95. The molecule has 0 heterocycles. The fraction of sp³-hybridized carbons (Fsp3) is 0.0714. The van der Waals surface area contributed by atoms with Crippen LogP contribution in [0.25, 0.3) is 0 Å². The minimum absolute atomic E-state index is 0.173. The smallest absolute Gasteiger partial charge is 0.262 e. The van der Waals surface area contributed by atoms with Gasteiger partial charge in [0.25, 0.3) is 5.91 Å². The molecule has 1 amide bonds. The van der Waals surface area contributed by atoms with Gasteiger partial charge in [-0.3, -0.25) is 4.79 Å². The second-order valence-corrected chi connectivity index (χ2v) is 4.84. The molecule has 3 nitrogen and oxygen atoms in total. The number of hydrogen-bond donors (Lipinski definition) is 1. The third-order valence-electron chi connectivity index (χ3n) is 2.37. The summed E-state index contributed by atoms with van der Waals surface area (Å²) in [7, 11) is 0. The summed E-state index contributed by atoms with van der Waals surface area (Å²) in [6, 6.07) is 10.1. The Morgan fingerprint density at radius 3 is 2.65 bits per heavy atom. The molecule has 1 N–H and O–H groups in total. The second kappa shape index (κ2) is 6.47. The van der Waals surface area contributed by atoms with Crippen LogP contribution >= 0.6 is 15.9 Å². The lowest BCUT2D eigenvalue weighted by Crippen LogP contribution is -2.20. The Morgan fingerprint density at radius 1 is 1.15 bits per heavy atom. The van der Waals surface area contributed by atoms with E-state index in [1.165, 1.54) is 6.07 Å². The maximum atomic E-state index is 13.0. The molecule has 0 unspecified atom stereocenters. The molecular formula is C14H10BrF2NO2. The van der Waals surface area contributed by atoms with Crippen LogP contribution in [0.1, 0.15) is 0 Å². The molecule has 20 heavy (non-hydrogen) atoms. The van der Waals surface area contributed by atoms with Crippen LogP contribution in [0.2, 0.25) is 0 Å². The number of anilines is 1. The monoisotopic (exact) mass is 341 g/mol. The zero-order valence-electron chi connectivity index (χ0n) is 10.2. The summed E-state index contributed by atoms with van der Waals surface area (Å²) in [6.07, 6.45) is 0. The van der Waals surface area contributed by atoms with E-state index in [2.05, 4.69) is 21.2 Å². The van der Waals surface area contributed by atoms with Crippen molar-refractivity contribution in [3.05, 3.63) is 58.6 Å². The number of halogens is 3. The van der Waals surface area contributed by atoms with Gasteiger partial charge in [-0.15, -0.1) is 0 Å². The second-order valence-electron chi connectivity index (χ2n) is 3.92. The molecule has 0 saturated heterocycles. The summed E-state index contributed by atoms with van der Waals surface area (Å²) in [6.45, 7) is -0.227. The minimum atomic E-state index is -1.02. The molecule has 0 fully saturated rings. The van der Waals surface area contributed by atoms with Crippen LogP contribution in [-0.2, 0) is 4.79 Å². The molecule has 0 aliphatic heterocycles. The number of benzene rings is 2. The number of hydrogen-bond acceptors (Lipinski definition) is 2. The molecule has 0 aromatic heterocycles. The summed E-state index contributed by atoms with van der Waals surface area (Å²) in [5, 5.41) is 2.41. The molecule has 0 atom stereocenters. The van der Waals surface area contributed by atoms with Gasteiger partial charge in [-0.1, -0.05) is 22.0 Å². The number of ether oxygens (including phenoxy) is 1. The van der Waals surface area contributed by atoms with Gasteiger partial charge in [0.05, 0.1) is 0 Å². The molecule has 0 bridgehead atoms. The van der Waals surface area contributed by atoms with Gasteiger partial charge in [-0.2, -0.15) is 0 Å². The lowest BCUT2D eigenvalue weighted by molar-refractivity contribution is -0.118. The first-order chi connectivity index (χ1) is 9.54. The lowest BCUT2D eigenvalue weighted by atomic mass is 10.3. The van der Waals surface area contributed by atoms with Gasteiger partial charge in [-0.25, -0.2) is 8.78 Å². The van der Waals surface area contributed by atoms with Crippen molar-refractivity contribution in [1.29, 1.82) is 0 Å². The van der Waals surface area contributed by atoms with E-state index in [9.17, 15) is 13.6 Å². The van der Waals surface area contributed by atoms with Crippen LogP contribution in [0.15, 0.2) is 46.9 Å². The predicted molar refractivity (Wildman–Crippen MR) is 74.6 cm³/mol. The Morgan fingerprint density at radius 2 is 1.95 bits per heavy atom. The van der Waals surface area contributed by atoms with Crippen LogP contribution in [-0.4, -0.2) is 12.5 Å². The molecule has 2 rings (SSSR count). The van der Waals surface area contributed by atoms with Gasteiger partial charge in [-0.05, 0) is 30.3 Å². The molecule has 104 valence electrons. The molecule has 0 saturated carbocycles. The van der Waals surface area contributed by atoms with Crippen molar-refractivity contribution >= 4 is 27.5 Å². The Bertz CT molecular complexity index is 634. The number of carbonyl (C=O) groups excluding carboxylic acids is 1. The van der Waals surface area contributed by atoms with Crippen molar-refractivity contribution in [3.63, 3.8) is 0 Å². The average Bonchev–Trinajstić information content (AvgIpc) is 2.41. The van der Waals surface area contributed by atoms with E-state index in [-0.39, 0.29) is 12.3 Å². The van der Waals surface area contributed by atoms with E-state index in [1.54, 1.807) is 18.2 Å². The van der Waals surface area contributed by atoms with Crippen molar-refractivity contribution in [3.8, 4) is 5.75 Å². The van der Waals surface area contributed by atoms with Crippen LogP contribution < -0.4 is 10.1 Å². The van der Waals surface area contributed by atoms with E-state index >= 15 is 0 Å². The molecule has 6 heteroatoms. The predicted octanol–water partition coefficient (Wildman–Crippen LogP) is 3.74. The molecule has 2 aromatic carbocycles. The summed E-state index contributed by atoms with van der Waals surface area (Å²) in [5.41, 5.74) is 0.173. The normalized spacial score (nSPS) is 10.2. The highest BCUT2D eigenvalue weighted by Gasteiger charge is 2.07. The molecule has 2 aromatic rings. The van der Waals surface area contributed by atoms with Crippen molar-refractivity contribution < 1.29 is 18.3 Å². The molecular weight excluding hydrogens is 332 g/mol. The molecule has 0 spiro atoms. The summed E-state index contributed by atoms with van der Waals surface area (Å²) in [5.74, 6) is -1.92. The van der Waals surface area contributed by atoms with Crippen LogP contribution in [0, 0.1) is 11.6 Å².